The van der Waals surface area contributed by atoms with Crippen molar-refractivity contribution in [3.63, 3.8) is 0 Å². The van der Waals surface area contributed by atoms with Crippen molar-refractivity contribution in [2.75, 3.05) is 7.11 Å². The van der Waals surface area contributed by atoms with Gasteiger partial charge in [-0.1, -0.05) is 38.1 Å². The third kappa shape index (κ3) is 3.61. The molecule has 0 fully saturated rings. The van der Waals surface area contributed by atoms with Gasteiger partial charge in [0.1, 0.15) is 6.04 Å². The van der Waals surface area contributed by atoms with E-state index in [0.717, 1.165) is 0 Å². The maximum absolute atomic E-state index is 12.4. The number of fused-ring (bicyclic) bond motifs is 1. The highest BCUT2D eigenvalue weighted by Gasteiger charge is 2.30. The second-order valence-corrected chi connectivity index (χ2v) is 5.66. The van der Waals surface area contributed by atoms with Gasteiger partial charge in [-0.15, -0.1) is 0 Å². The fourth-order valence-corrected chi connectivity index (χ4v) is 2.52. The number of rotatable bonds is 4. The summed E-state index contributed by atoms with van der Waals surface area (Å²) in [7, 11) is 1.33. The molecule has 0 bridgehead atoms. The first kappa shape index (κ1) is 15.5. The summed E-state index contributed by atoms with van der Waals surface area (Å²) in [5.41, 5.74) is 2.39. The normalized spacial score (nSPS) is 18.8. The van der Waals surface area contributed by atoms with E-state index in [0.29, 0.717) is 13.0 Å². The van der Waals surface area contributed by atoms with Crippen molar-refractivity contribution >= 4 is 11.9 Å². The Morgan fingerprint density at radius 3 is 2.57 bits per heavy atom. The number of methoxy groups -OCH3 is 1. The molecule has 0 spiro atoms. The van der Waals surface area contributed by atoms with E-state index in [1.807, 2.05) is 32.0 Å². The van der Waals surface area contributed by atoms with Crippen LogP contribution in [0.4, 0.5) is 0 Å². The van der Waals surface area contributed by atoms with Gasteiger partial charge in [0, 0.05) is 6.54 Å². The summed E-state index contributed by atoms with van der Waals surface area (Å²) in [6.45, 7) is 4.43. The molecule has 0 aromatic heterocycles. The molecule has 2 atom stereocenters. The molecule has 2 rings (SSSR count). The summed E-state index contributed by atoms with van der Waals surface area (Å²) in [5, 5.41) is 6.00. The molecule has 1 aromatic carbocycles. The largest absolute Gasteiger partial charge is 0.467 e. The molecule has 21 heavy (non-hydrogen) atoms. The van der Waals surface area contributed by atoms with Crippen molar-refractivity contribution in [3.05, 3.63) is 35.4 Å². The summed E-state index contributed by atoms with van der Waals surface area (Å²) < 4.78 is 4.74. The molecule has 0 radical (unpaired) electrons. The predicted octanol–water partition coefficient (Wildman–Crippen LogP) is 1.01. The summed E-state index contributed by atoms with van der Waals surface area (Å²) in [6.07, 6.45) is 0.633. The average molecular weight is 290 g/mol. The Kier molecular flexibility index (Phi) is 4.96. The van der Waals surface area contributed by atoms with Crippen LogP contribution in [0.15, 0.2) is 24.3 Å². The number of benzene rings is 1. The summed E-state index contributed by atoms with van der Waals surface area (Å²) in [6, 6.07) is 7.14. The second-order valence-electron chi connectivity index (χ2n) is 5.66. The Labute approximate surface area is 125 Å². The van der Waals surface area contributed by atoms with Gasteiger partial charge in [0.25, 0.3) is 0 Å². The van der Waals surface area contributed by atoms with E-state index in [1.54, 1.807) is 0 Å². The molecule has 5 nitrogen and oxygen atoms in total. The summed E-state index contributed by atoms with van der Waals surface area (Å²) in [4.78, 5) is 24.1. The first-order valence-corrected chi connectivity index (χ1v) is 7.21. The van der Waals surface area contributed by atoms with Crippen LogP contribution in [-0.2, 0) is 27.3 Å². The quantitative estimate of drug-likeness (QED) is 0.812. The van der Waals surface area contributed by atoms with Crippen LogP contribution >= 0.6 is 0 Å². The monoisotopic (exact) mass is 290 g/mol. The number of carbonyl (C=O) groups is 2. The van der Waals surface area contributed by atoms with Crippen molar-refractivity contribution in [1.29, 1.82) is 0 Å². The maximum Gasteiger partial charge on any atom is 0.328 e. The Morgan fingerprint density at radius 1 is 1.29 bits per heavy atom. The van der Waals surface area contributed by atoms with Gasteiger partial charge in [-0.25, -0.2) is 4.79 Å². The van der Waals surface area contributed by atoms with Crippen LogP contribution in [0.25, 0.3) is 0 Å². The highest BCUT2D eigenvalue weighted by molar-refractivity contribution is 5.88. The minimum absolute atomic E-state index is 0.0164. The van der Waals surface area contributed by atoms with Crippen LogP contribution in [0.1, 0.15) is 25.0 Å². The average Bonchev–Trinajstić information content (AvgIpc) is 2.50. The van der Waals surface area contributed by atoms with Crippen LogP contribution in [-0.4, -0.2) is 31.1 Å². The van der Waals surface area contributed by atoms with Crippen molar-refractivity contribution in [2.45, 2.75) is 38.9 Å². The number of nitrogens with one attached hydrogen (secondary N) is 2. The van der Waals surface area contributed by atoms with E-state index in [2.05, 4.69) is 16.7 Å². The van der Waals surface area contributed by atoms with Crippen LogP contribution in [0, 0.1) is 5.92 Å². The summed E-state index contributed by atoms with van der Waals surface area (Å²) >= 11 is 0. The van der Waals surface area contributed by atoms with Crippen LogP contribution < -0.4 is 10.6 Å². The van der Waals surface area contributed by atoms with Crippen LogP contribution in [0.5, 0.6) is 0 Å². The molecule has 1 unspecified atom stereocenters. The van der Waals surface area contributed by atoms with E-state index in [-0.39, 0.29) is 17.9 Å². The smallest absolute Gasteiger partial charge is 0.328 e. The standard InChI is InChI=1S/C16H22N2O3/c1-10(2)14(16(20)21-3)18-15(19)13-8-11-6-4-5-7-12(11)9-17-13/h4-7,10,13-14,17H,8-9H2,1-3H3,(H,18,19)/t13-,14?/m0/s1. The number of carbonyl (C=O) groups excluding carboxylic acids is 2. The van der Waals surface area contributed by atoms with E-state index in [4.69, 9.17) is 4.74 Å². The molecule has 1 aromatic rings. The van der Waals surface area contributed by atoms with Crippen molar-refractivity contribution in [1.82, 2.24) is 10.6 Å². The molecule has 1 heterocycles. The number of hydrogen-bond acceptors (Lipinski definition) is 4. The van der Waals surface area contributed by atoms with E-state index in [9.17, 15) is 9.59 Å². The fraction of sp³-hybridized carbons (Fsp3) is 0.500. The van der Waals surface area contributed by atoms with Gasteiger partial charge in [-0.2, -0.15) is 0 Å². The predicted molar refractivity (Wildman–Crippen MR) is 79.6 cm³/mol. The highest BCUT2D eigenvalue weighted by Crippen LogP contribution is 2.16. The van der Waals surface area contributed by atoms with Gasteiger partial charge in [0.2, 0.25) is 5.91 Å². The van der Waals surface area contributed by atoms with Gasteiger partial charge >= 0.3 is 5.97 Å². The van der Waals surface area contributed by atoms with Gasteiger partial charge in [-0.3, -0.25) is 4.79 Å². The zero-order chi connectivity index (χ0) is 15.4. The molecule has 0 saturated carbocycles. The lowest BCUT2D eigenvalue weighted by Crippen LogP contribution is -2.53. The molecule has 114 valence electrons. The lowest BCUT2D eigenvalue weighted by atomic mass is 9.95. The number of ether oxygens (including phenoxy) is 1. The number of esters is 1. The first-order chi connectivity index (χ1) is 10.0. The lowest BCUT2D eigenvalue weighted by molar-refractivity contribution is -0.146. The second kappa shape index (κ2) is 6.72. The van der Waals surface area contributed by atoms with E-state index < -0.39 is 12.0 Å². The minimum atomic E-state index is -0.610. The molecule has 1 aliphatic heterocycles. The topological polar surface area (TPSA) is 67.4 Å². The maximum atomic E-state index is 12.4. The van der Waals surface area contributed by atoms with Gasteiger partial charge in [0.15, 0.2) is 0 Å². The van der Waals surface area contributed by atoms with E-state index >= 15 is 0 Å². The lowest BCUT2D eigenvalue weighted by Gasteiger charge is -2.28. The Bertz CT molecular complexity index is 528. The van der Waals surface area contributed by atoms with Gasteiger partial charge in [-0.05, 0) is 23.5 Å². The molecule has 5 heteroatoms. The van der Waals surface area contributed by atoms with Gasteiger partial charge in [0.05, 0.1) is 13.2 Å². The Hall–Kier alpha value is -1.88. The van der Waals surface area contributed by atoms with Crippen molar-refractivity contribution in [2.24, 2.45) is 5.92 Å². The third-order valence-electron chi connectivity index (χ3n) is 3.82. The highest BCUT2D eigenvalue weighted by atomic mass is 16.5. The Morgan fingerprint density at radius 2 is 1.95 bits per heavy atom. The zero-order valence-corrected chi connectivity index (χ0v) is 12.7. The summed E-state index contributed by atoms with van der Waals surface area (Å²) in [5.74, 6) is -0.583. The van der Waals surface area contributed by atoms with Crippen LogP contribution in [0.3, 0.4) is 0 Å². The van der Waals surface area contributed by atoms with Crippen molar-refractivity contribution < 1.29 is 14.3 Å². The molecular weight excluding hydrogens is 268 g/mol. The molecule has 0 saturated heterocycles. The van der Waals surface area contributed by atoms with E-state index in [1.165, 1.54) is 18.2 Å². The molecular formula is C16H22N2O3. The minimum Gasteiger partial charge on any atom is -0.467 e. The molecule has 0 aliphatic carbocycles. The molecule has 1 aliphatic rings. The zero-order valence-electron chi connectivity index (χ0n) is 12.7. The number of amides is 1. The first-order valence-electron chi connectivity index (χ1n) is 7.21. The SMILES string of the molecule is COC(=O)C(NC(=O)[C@@H]1Cc2ccccc2CN1)C(C)C. The van der Waals surface area contributed by atoms with Gasteiger partial charge < -0.3 is 15.4 Å². The third-order valence-corrected chi connectivity index (χ3v) is 3.82. The Balaban J connectivity index is 2.03. The number of hydrogen-bond donors (Lipinski definition) is 2. The fourth-order valence-electron chi connectivity index (χ4n) is 2.52. The molecule has 1 amide bonds. The van der Waals surface area contributed by atoms with Crippen molar-refractivity contribution in [3.8, 4) is 0 Å². The van der Waals surface area contributed by atoms with Crippen LogP contribution in [0.2, 0.25) is 0 Å². The molecule has 2 N–H and O–H groups in total.